The highest BCUT2D eigenvalue weighted by atomic mass is 32.1. The Labute approximate surface area is 129 Å². The standard InChI is InChI=1S/C14H24N4O2S/c1-13(2,3)18-12-17-10(15)9(21-12)11(19)16-8-14(4)6-5-7-20-14/h5-8,15H2,1-4H3,(H,16,19)(H,17,18). The van der Waals surface area contributed by atoms with Crippen LogP contribution in [0.25, 0.3) is 0 Å². The first-order valence-electron chi connectivity index (χ1n) is 7.15. The van der Waals surface area contributed by atoms with Crippen molar-refractivity contribution in [3.63, 3.8) is 0 Å². The first-order chi connectivity index (χ1) is 9.69. The Hall–Kier alpha value is -1.34. The van der Waals surface area contributed by atoms with E-state index in [0.717, 1.165) is 19.4 Å². The Morgan fingerprint density at radius 2 is 2.24 bits per heavy atom. The molecule has 0 saturated carbocycles. The second-order valence-corrected chi connectivity index (χ2v) is 7.69. The maximum absolute atomic E-state index is 12.2. The van der Waals surface area contributed by atoms with Crippen LogP contribution in [-0.2, 0) is 4.74 Å². The normalized spacial score (nSPS) is 22.3. The van der Waals surface area contributed by atoms with Crippen LogP contribution in [0.5, 0.6) is 0 Å². The van der Waals surface area contributed by atoms with E-state index in [1.54, 1.807) is 0 Å². The van der Waals surface area contributed by atoms with E-state index in [1.807, 2.05) is 27.7 Å². The first kappa shape index (κ1) is 16.0. The molecular weight excluding hydrogens is 288 g/mol. The molecule has 0 bridgehead atoms. The molecule has 2 rings (SSSR count). The molecule has 1 saturated heterocycles. The number of rotatable bonds is 4. The maximum Gasteiger partial charge on any atom is 0.265 e. The minimum Gasteiger partial charge on any atom is -0.382 e. The Bertz CT molecular complexity index is 516. The van der Waals surface area contributed by atoms with Gasteiger partial charge < -0.3 is 21.1 Å². The number of carbonyl (C=O) groups excluding carboxylic acids is 1. The molecule has 1 aromatic heterocycles. The number of hydrogen-bond donors (Lipinski definition) is 3. The number of ether oxygens (including phenoxy) is 1. The molecule has 1 aliphatic rings. The largest absolute Gasteiger partial charge is 0.382 e. The summed E-state index contributed by atoms with van der Waals surface area (Å²) in [6.45, 7) is 9.36. The fourth-order valence-corrected chi connectivity index (χ4v) is 3.20. The van der Waals surface area contributed by atoms with Crippen LogP contribution in [0.2, 0.25) is 0 Å². The van der Waals surface area contributed by atoms with Crippen LogP contribution in [0.15, 0.2) is 0 Å². The molecule has 4 N–H and O–H groups in total. The second-order valence-electron chi connectivity index (χ2n) is 6.69. The van der Waals surface area contributed by atoms with Crippen molar-refractivity contribution in [2.24, 2.45) is 0 Å². The predicted molar refractivity (Wildman–Crippen MR) is 85.8 cm³/mol. The fraction of sp³-hybridized carbons (Fsp3) is 0.714. The van der Waals surface area contributed by atoms with Gasteiger partial charge in [-0.1, -0.05) is 11.3 Å². The maximum atomic E-state index is 12.2. The van der Waals surface area contributed by atoms with Crippen molar-refractivity contribution >= 4 is 28.2 Å². The summed E-state index contributed by atoms with van der Waals surface area (Å²) in [6, 6.07) is 0. The molecule has 1 atom stereocenters. The van der Waals surface area contributed by atoms with Crippen molar-refractivity contribution in [1.82, 2.24) is 10.3 Å². The summed E-state index contributed by atoms with van der Waals surface area (Å²) in [5, 5.41) is 6.78. The van der Waals surface area contributed by atoms with Crippen molar-refractivity contribution in [2.45, 2.75) is 51.7 Å². The lowest BCUT2D eigenvalue weighted by Gasteiger charge is -2.23. The fourth-order valence-electron chi connectivity index (χ4n) is 2.19. The molecule has 0 aliphatic carbocycles. The minimum absolute atomic E-state index is 0.122. The Balaban J connectivity index is 1.99. The number of carbonyl (C=O) groups is 1. The highest BCUT2D eigenvalue weighted by molar-refractivity contribution is 7.18. The van der Waals surface area contributed by atoms with Crippen molar-refractivity contribution in [3.05, 3.63) is 4.88 Å². The lowest BCUT2D eigenvalue weighted by molar-refractivity contribution is 0.0206. The lowest BCUT2D eigenvalue weighted by atomic mass is 10.0. The zero-order valence-corrected chi connectivity index (χ0v) is 13.9. The van der Waals surface area contributed by atoms with E-state index in [-0.39, 0.29) is 22.9 Å². The van der Waals surface area contributed by atoms with Crippen LogP contribution < -0.4 is 16.4 Å². The van der Waals surface area contributed by atoms with Crippen LogP contribution in [0.4, 0.5) is 10.9 Å². The molecule has 1 unspecified atom stereocenters. The zero-order valence-electron chi connectivity index (χ0n) is 13.1. The van der Waals surface area contributed by atoms with Crippen LogP contribution in [0, 0.1) is 0 Å². The number of amides is 1. The molecular formula is C14H24N4O2S. The SMILES string of the molecule is CC(C)(C)Nc1nc(N)c(C(=O)NCC2(C)CCCO2)s1. The third-order valence-electron chi connectivity index (χ3n) is 3.26. The number of anilines is 2. The van der Waals surface area contributed by atoms with Crippen LogP contribution >= 0.6 is 11.3 Å². The lowest BCUT2D eigenvalue weighted by Crippen LogP contribution is -2.40. The van der Waals surface area contributed by atoms with E-state index in [9.17, 15) is 4.79 Å². The van der Waals surface area contributed by atoms with Crippen LogP contribution in [-0.4, -0.2) is 35.2 Å². The average Bonchev–Trinajstić information content (AvgIpc) is 2.92. The van der Waals surface area contributed by atoms with E-state index in [1.165, 1.54) is 11.3 Å². The Morgan fingerprint density at radius 3 is 2.81 bits per heavy atom. The quantitative estimate of drug-likeness (QED) is 0.793. The van der Waals surface area contributed by atoms with Crippen LogP contribution in [0.3, 0.4) is 0 Å². The van der Waals surface area contributed by atoms with Crippen molar-refractivity contribution in [1.29, 1.82) is 0 Å². The molecule has 2 heterocycles. The number of nitrogen functional groups attached to an aromatic ring is 1. The van der Waals surface area contributed by atoms with Crippen LogP contribution in [0.1, 0.15) is 50.2 Å². The third kappa shape index (κ3) is 4.31. The summed E-state index contributed by atoms with van der Waals surface area (Å²) in [6.07, 6.45) is 2.00. The van der Waals surface area contributed by atoms with Gasteiger partial charge in [-0.25, -0.2) is 4.98 Å². The molecule has 118 valence electrons. The summed E-state index contributed by atoms with van der Waals surface area (Å²) in [5.74, 6) is 0.0745. The topological polar surface area (TPSA) is 89.3 Å². The van der Waals surface area contributed by atoms with E-state index in [0.29, 0.717) is 16.6 Å². The van der Waals surface area contributed by atoms with E-state index in [2.05, 4.69) is 15.6 Å². The van der Waals surface area contributed by atoms with E-state index < -0.39 is 0 Å². The number of thiazole rings is 1. The molecule has 1 amide bonds. The molecule has 1 aliphatic heterocycles. The van der Waals surface area contributed by atoms with Gasteiger partial charge in [-0.05, 0) is 40.5 Å². The highest BCUT2D eigenvalue weighted by Crippen LogP contribution is 2.28. The van der Waals surface area contributed by atoms with Gasteiger partial charge >= 0.3 is 0 Å². The van der Waals surface area contributed by atoms with Gasteiger partial charge in [0.25, 0.3) is 5.91 Å². The van der Waals surface area contributed by atoms with Gasteiger partial charge in [0.2, 0.25) is 0 Å². The highest BCUT2D eigenvalue weighted by Gasteiger charge is 2.30. The summed E-state index contributed by atoms with van der Waals surface area (Å²) in [5.41, 5.74) is 5.46. The summed E-state index contributed by atoms with van der Waals surface area (Å²) >= 11 is 1.28. The van der Waals surface area contributed by atoms with Gasteiger partial charge in [-0.15, -0.1) is 0 Å². The van der Waals surface area contributed by atoms with Gasteiger partial charge in [0.05, 0.1) is 5.60 Å². The molecule has 0 radical (unpaired) electrons. The number of nitrogens with two attached hydrogens (primary N) is 1. The average molecular weight is 312 g/mol. The molecule has 21 heavy (non-hydrogen) atoms. The van der Waals surface area contributed by atoms with Gasteiger partial charge in [-0.2, -0.15) is 0 Å². The van der Waals surface area contributed by atoms with Crippen molar-refractivity contribution in [2.75, 3.05) is 24.2 Å². The summed E-state index contributed by atoms with van der Waals surface area (Å²) in [4.78, 5) is 16.9. The summed E-state index contributed by atoms with van der Waals surface area (Å²) < 4.78 is 5.66. The molecule has 6 nitrogen and oxygen atoms in total. The van der Waals surface area contributed by atoms with Gasteiger partial charge in [0.1, 0.15) is 10.7 Å². The number of nitrogens with zero attached hydrogens (tertiary/aromatic N) is 1. The predicted octanol–water partition coefficient (Wildman–Crippen LogP) is 2.23. The molecule has 0 aromatic carbocycles. The molecule has 7 heteroatoms. The van der Waals surface area contributed by atoms with Crippen molar-refractivity contribution in [3.8, 4) is 0 Å². The van der Waals surface area contributed by atoms with Gasteiger partial charge in [0.15, 0.2) is 5.13 Å². The molecule has 1 aromatic rings. The van der Waals surface area contributed by atoms with E-state index in [4.69, 9.17) is 10.5 Å². The minimum atomic E-state index is -0.262. The molecule has 0 spiro atoms. The third-order valence-corrected chi connectivity index (χ3v) is 4.25. The smallest absolute Gasteiger partial charge is 0.265 e. The van der Waals surface area contributed by atoms with E-state index >= 15 is 0 Å². The molecule has 1 fully saturated rings. The Kier molecular flexibility index (Phi) is 4.43. The second kappa shape index (κ2) is 5.81. The monoisotopic (exact) mass is 312 g/mol. The first-order valence-corrected chi connectivity index (χ1v) is 7.97. The number of nitrogens with one attached hydrogen (secondary N) is 2. The summed E-state index contributed by atoms with van der Waals surface area (Å²) in [7, 11) is 0. The van der Waals surface area contributed by atoms with Crippen molar-refractivity contribution < 1.29 is 9.53 Å². The number of aromatic nitrogens is 1. The number of hydrogen-bond acceptors (Lipinski definition) is 6. The van der Waals surface area contributed by atoms with Gasteiger partial charge in [-0.3, -0.25) is 4.79 Å². The van der Waals surface area contributed by atoms with Gasteiger partial charge in [0, 0.05) is 18.7 Å². The Morgan fingerprint density at radius 1 is 1.52 bits per heavy atom. The zero-order chi connectivity index (χ0) is 15.7.